The molecule has 0 heterocycles. The van der Waals surface area contributed by atoms with Crippen LogP contribution in [0, 0.1) is 0 Å². The van der Waals surface area contributed by atoms with Gasteiger partial charge in [0.2, 0.25) is 5.75 Å². The zero-order valence-corrected chi connectivity index (χ0v) is 18.5. The lowest BCUT2D eigenvalue weighted by Gasteiger charge is -2.16. The molecule has 0 aliphatic carbocycles. The first-order valence-corrected chi connectivity index (χ1v) is 9.63. The number of methoxy groups -OCH3 is 4. The molecule has 0 aromatic heterocycles. The van der Waals surface area contributed by atoms with Gasteiger partial charge in [-0.05, 0) is 42.3 Å². The molecule has 0 aliphatic heterocycles. The minimum absolute atomic E-state index is 0.531. The Hall–Kier alpha value is -3.29. The van der Waals surface area contributed by atoms with E-state index >= 15 is 0 Å². The van der Waals surface area contributed by atoms with Gasteiger partial charge in [0.05, 0.1) is 35.0 Å². The van der Waals surface area contributed by atoms with Crippen LogP contribution in [0.4, 0.5) is 0 Å². The zero-order chi connectivity index (χ0) is 21.9. The molecule has 8 heteroatoms. The topological polar surface area (TPSA) is 82.6 Å². The highest BCUT2D eigenvalue weighted by Gasteiger charge is 2.13. The molecule has 0 spiro atoms. The number of hydrogen-bond acceptors (Lipinski definition) is 6. The van der Waals surface area contributed by atoms with Crippen molar-refractivity contribution in [3.05, 3.63) is 41.5 Å². The summed E-state index contributed by atoms with van der Waals surface area (Å²) in [6.45, 7) is 3.64. The summed E-state index contributed by atoms with van der Waals surface area (Å²) in [6.07, 6.45) is 0. The van der Waals surface area contributed by atoms with Gasteiger partial charge in [0.1, 0.15) is 0 Å². The smallest absolute Gasteiger partial charge is 0.203 e. The molecule has 0 aliphatic rings. The molecule has 0 bridgehead atoms. The van der Waals surface area contributed by atoms with E-state index in [-0.39, 0.29) is 0 Å². The third-order valence-electron chi connectivity index (χ3n) is 4.40. The highest BCUT2D eigenvalue weighted by atomic mass is 16.5. The third-order valence-corrected chi connectivity index (χ3v) is 4.40. The molecule has 2 rings (SSSR count). The van der Waals surface area contributed by atoms with E-state index < -0.39 is 0 Å². The second-order valence-electron chi connectivity index (χ2n) is 6.23. The van der Waals surface area contributed by atoms with E-state index in [0.29, 0.717) is 48.7 Å². The minimum Gasteiger partial charge on any atom is -0.493 e. The maximum absolute atomic E-state index is 5.56. The van der Waals surface area contributed by atoms with Gasteiger partial charge in [0.15, 0.2) is 29.0 Å². The normalized spacial score (nSPS) is 10.9. The first-order chi connectivity index (χ1) is 14.6. The molecule has 0 saturated carbocycles. The monoisotopic (exact) mass is 417 g/mol. The molecule has 0 fully saturated rings. The summed E-state index contributed by atoms with van der Waals surface area (Å²) in [7, 11) is 8.14. The summed E-state index contributed by atoms with van der Waals surface area (Å²) in [4.78, 5) is 4.28. The molecule has 0 atom stereocenters. The maximum atomic E-state index is 5.56. The minimum atomic E-state index is 0.531. The quantitative estimate of drug-likeness (QED) is 0.454. The van der Waals surface area contributed by atoms with Crippen LogP contribution < -0.4 is 34.3 Å². The highest BCUT2D eigenvalue weighted by molar-refractivity contribution is 5.79. The second kappa shape index (κ2) is 11.6. The van der Waals surface area contributed by atoms with E-state index in [1.165, 1.54) is 0 Å². The summed E-state index contributed by atoms with van der Waals surface area (Å²) >= 11 is 0. The fourth-order valence-corrected chi connectivity index (χ4v) is 2.93. The van der Waals surface area contributed by atoms with Gasteiger partial charge in [-0.2, -0.15) is 0 Å². The maximum Gasteiger partial charge on any atom is 0.203 e. The molecule has 8 nitrogen and oxygen atoms in total. The Balaban J connectivity index is 2.02. The van der Waals surface area contributed by atoms with Crippen molar-refractivity contribution < 1.29 is 23.7 Å². The van der Waals surface area contributed by atoms with E-state index in [4.69, 9.17) is 23.7 Å². The van der Waals surface area contributed by atoms with Crippen LogP contribution in [0.1, 0.15) is 18.1 Å². The number of aliphatic imine (C=N–C) groups is 1. The number of nitrogens with one attached hydrogen (secondary N) is 2. The third kappa shape index (κ3) is 5.85. The van der Waals surface area contributed by atoms with Crippen LogP contribution in [0.15, 0.2) is 35.3 Å². The van der Waals surface area contributed by atoms with Crippen LogP contribution in [0.5, 0.6) is 28.7 Å². The Morgan fingerprint density at radius 1 is 0.767 bits per heavy atom. The van der Waals surface area contributed by atoms with Crippen LogP contribution in [-0.4, -0.2) is 48.1 Å². The molecular weight excluding hydrogens is 386 g/mol. The van der Waals surface area contributed by atoms with Crippen LogP contribution in [-0.2, 0) is 13.1 Å². The Kier molecular flexibility index (Phi) is 8.93. The second-order valence-corrected chi connectivity index (χ2v) is 6.23. The lowest BCUT2D eigenvalue weighted by Crippen LogP contribution is -2.36. The highest BCUT2D eigenvalue weighted by Crippen LogP contribution is 2.38. The molecule has 0 amide bonds. The Bertz CT molecular complexity index is 830. The number of rotatable bonds is 10. The Labute approximate surface area is 178 Å². The molecule has 2 aromatic carbocycles. The molecule has 30 heavy (non-hydrogen) atoms. The van der Waals surface area contributed by atoms with Crippen LogP contribution in [0.25, 0.3) is 0 Å². The summed E-state index contributed by atoms with van der Waals surface area (Å²) in [5.41, 5.74) is 2.02. The summed E-state index contributed by atoms with van der Waals surface area (Å²) in [5.74, 6) is 3.88. The average molecular weight is 418 g/mol. The molecule has 164 valence electrons. The van der Waals surface area contributed by atoms with E-state index in [1.54, 1.807) is 35.5 Å². The predicted molar refractivity (Wildman–Crippen MR) is 117 cm³/mol. The zero-order valence-electron chi connectivity index (χ0n) is 18.5. The summed E-state index contributed by atoms with van der Waals surface area (Å²) < 4.78 is 27.1. The number of nitrogens with zero attached hydrogens (tertiary/aromatic N) is 1. The number of guanidine groups is 1. The average Bonchev–Trinajstić information content (AvgIpc) is 2.79. The van der Waals surface area contributed by atoms with Gasteiger partial charge in [0.25, 0.3) is 0 Å². The first kappa shape index (κ1) is 23.0. The van der Waals surface area contributed by atoms with Crippen molar-refractivity contribution in [1.29, 1.82) is 0 Å². The van der Waals surface area contributed by atoms with Gasteiger partial charge in [0, 0.05) is 20.1 Å². The number of ether oxygens (including phenoxy) is 5. The van der Waals surface area contributed by atoms with E-state index in [2.05, 4.69) is 15.6 Å². The van der Waals surface area contributed by atoms with Gasteiger partial charge in [-0.25, -0.2) is 0 Å². The van der Waals surface area contributed by atoms with Crippen molar-refractivity contribution in [2.75, 3.05) is 42.1 Å². The standard InChI is InChI=1S/C22H31N3O5/c1-7-30-17-9-8-15(10-18(17)26-3)13-24-22(23-2)25-14-16-11-19(27-4)21(29-6)20(12-16)28-5/h8-12H,7,13-14H2,1-6H3,(H2,23,24,25). The van der Waals surface area contributed by atoms with Crippen LogP contribution in [0.2, 0.25) is 0 Å². The first-order valence-electron chi connectivity index (χ1n) is 9.63. The van der Waals surface area contributed by atoms with Crippen molar-refractivity contribution in [2.24, 2.45) is 4.99 Å². The van der Waals surface area contributed by atoms with Crippen molar-refractivity contribution in [1.82, 2.24) is 10.6 Å². The molecule has 0 saturated heterocycles. The van der Waals surface area contributed by atoms with Crippen LogP contribution in [0.3, 0.4) is 0 Å². The van der Waals surface area contributed by atoms with Crippen molar-refractivity contribution in [3.8, 4) is 28.7 Å². The van der Waals surface area contributed by atoms with Crippen LogP contribution >= 0.6 is 0 Å². The van der Waals surface area contributed by atoms with Gasteiger partial charge in [-0.15, -0.1) is 0 Å². The lowest BCUT2D eigenvalue weighted by atomic mass is 10.1. The van der Waals surface area contributed by atoms with E-state index in [1.807, 2.05) is 37.3 Å². The van der Waals surface area contributed by atoms with Gasteiger partial charge in [-0.3, -0.25) is 4.99 Å². The van der Waals surface area contributed by atoms with Crippen molar-refractivity contribution in [3.63, 3.8) is 0 Å². The molecule has 2 N–H and O–H groups in total. The predicted octanol–water partition coefficient (Wildman–Crippen LogP) is 2.98. The SMILES string of the molecule is CCOc1ccc(CNC(=NC)NCc2cc(OC)c(OC)c(OC)c2)cc1OC. The number of hydrogen-bond donors (Lipinski definition) is 2. The largest absolute Gasteiger partial charge is 0.493 e. The molecule has 0 unspecified atom stereocenters. The van der Waals surface area contributed by atoms with E-state index in [9.17, 15) is 0 Å². The molecular formula is C22H31N3O5. The Morgan fingerprint density at radius 2 is 1.33 bits per heavy atom. The number of benzene rings is 2. The van der Waals surface area contributed by atoms with Gasteiger partial charge >= 0.3 is 0 Å². The summed E-state index contributed by atoms with van der Waals surface area (Å²) in [5, 5.41) is 6.58. The van der Waals surface area contributed by atoms with Crippen molar-refractivity contribution in [2.45, 2.75) is 20.0 Å². The van der Waals surface area contributed by atoms with E-state index in [0.717, 1.165) is 16.9 Å². The molecule has 0 radical (unpaired) electrons. The fraction of sp³-hybridized carbons (Fsp3) is 0.409. The summed E-state index contributed by atoms with van der Waals surface area (Å²) in [6, 6.07) is 9.65. The Morgan fingerprint density at radius 3 is 1.83 bits per heavy atom. The van der Waals surface area contributed by atoms with Gasteiger partial charge in [-0.1, -0.05) is 6.07 Å². The van der Waals surface area contributed by atoms with Gasteiger partial charge < -0.3 is 34.3 Å². The van der Waals surface area contributed by atoms with Crippen molar-refractivity contribution >= 4 is 5.96 Å². The fourth-order valence-electron chi connectivity index (χ4n) is 2.93. The molecule has 2 aromatic rings. The lowest BCUT2D eigenvalue weighted by molar-refractivity contribution is 0.310.